The van der Waals surface area contributed by atoms with Gasteiger partial charge in [0.15, 0.2) is 0 Å². The van der Waals surface area contributed by atoms with Crippen molar-refractivity contribution < 1.29 is 9.84 Å². The minimum absolute atomic E-state index is 0.412. The smallest absolute Gasteiger partial charge is 0.224 e. The highest BCUT2D eigenvalue weighted by Crippen LogP contribution is 2.47. The monoisotopic (exact) mass is 440 g/mol. The molecule has 6 nitrogen and oxygen atoms in total. The summed E-state index contributed by atoms with van der Waals surface area (Å²) >= 11 is 0. The van der Waals surface area contributed by atoms with Crippen LogP contribution < -0.4 is 4.74 Å². The van der Waals surface area contributed by atoms with E-state index in [0.29, 0.717) is 35.8 Å². The Morgan fingerprint density at radius 3 is 2.58 bits per heavy atom. The van der Waals surface area contributed by atoms with Gasteiger partial charge in [0.05, 0.1) is 23.4 Å². The minimum Gasteiger partial charge on any atom is -0.477 e. The van der Waals surface area contributed by atoms with E-state index in [9.17, 15) is 5.11 Å². The lowest BCUT2D eigenvalue weighted by molar-refractivity contribution is 0.0738. The van der Waals surface area contributed by atoms with Crippen LogP contribution in [-0.4, -0.2) is 31.6 Å². The van der Waals surface area contributed by atoms with Gasteiger partial charge in [-0.2, -0.15) is 4.98 Å². The highest BCUT2D eigenvalue weighted by Gasteiger charge is 2.40. The average Bonchev–Trinajstić information content (AvgIpc) is 3.57. The van der Waals surface area contributed by atoms with Crippen molar-refractivity contribution in [2.24, 2.45) is 5.92 Å². The van der Waals surface area contributed by atoms with Crippen LogP contribution in [0.5, 0.6) is 5.88 Å². The maximum atomic E-state index is 10.3. The number of nitrogens with zero attached hydrogens (tertiary/aromatic N) is 4. The molecule has 5 rings (SSSR count). The maximum Gasteiger partial charge on any atom is 0.224 e. The fourth-order valence-corrected chi connectivity index (χ4v) is 4.18. The van der Waals surface area contributed by atoms with Crippen LogP contribution >= 0.6 is 0 Å². The van der Waals surface area contributed by atoms with Gasteiger partial charge in [0, 0.05) is 40.9 Å². The largest absolute Gasteiger partial charge is 0.477 e. The molecule has 1 saturated carbocycles. The topological polar surface area (TPSA) is 81.0 Å². The average molecular weight is 441 g/mol. The first-order chi connectivity index (χ1) is 15.8. The number of aryl methyl sites for hydroxylation is 2. The lowest BCUT2D eigenvalue weighted by Gasteiger charge is -2.18. The van der Waals surface area contributed by atoms with Gasteiger partial charge in [-0.15, -0.1) is 0 Å². The zero-order chi connectivity index (χ0) is 23.2. The Hall–Kier alpha value is -3.38. The van der Waals surface area contributed by atoms with Crippen molar-refractivity contribution in [2.75, 3.05) is 6.61 Å². The second-order valence-electron chi connectivity index (χ2n) is 9.42. The number of para-hydroxylation sites is 1. The molecule has 3 heterocycles. The molecule has 0 aliphatic heterocycles. The Morgan fingerprint density at radius 2 is 1.79 bits per heavy atom. The Labute approximate surface area is 193 Å². The van der Waals surface area contributed by atoms with Gasteiger partial charge in [0.1, 0.15) is 11.4 Å². The van der Waals surface area contributed by atoms with Gasteiger partial charge >= 0.3 is 0 Å². The van der Waals surface area contributed by atoms with Crippen molar-refractivity contribution in [3.8, 4) is 17.0 Å². The summed E-state index contributed by atoms with van der Waals surface area (Å²) in [5.74, 6) is 2.06. The standard InChI is InChI=1S/C27H28N4O2/c1-16-11-25(27(3,4)32)29-13-21(16)22-14-28-17(2)30-26(22)33-15-19-12-20(19)24-10-9-18-7-5-6-8-23(18)31-24/h5-11,13-14,19-20,32H,12,15H2,1-4H3/t19-,20?/m1/s1. The second kappa shape index (κ2) is 8.19. The van der Waals surface area contributed by atoms with Crippen LogP contribution in [-0.2, 0) is 5.60 Å². The molecule has 1 aliphatic rings. The molecule has 0 amide bonds. The zero-order valence-corrected chi connectivity index (χ0v) is 19.4. The van der Waals surface area contributed by atoms with Crippen LogP contribution in [0.3, 0.4) is 0 Å². The maximum absolute atomic E-state index is 10.3. The summed E-state index contributed by atoms with van der Waals surface area (Å²) in [6.45, 7) is 7.90. The molecule has 2 atom stereocenters. The van der Waals surface area contributed by atoms with Crippen molar-refractivity contribution >= 4 is 10.9 Å². The third-order valence-electron chi connectivity index (χ3n) is 6.26. The molecule has 1 aliphatic carbocycles. The first-order valence-electron chi connectivity index (χ1n) is 11.3. The molecule has 3 aromatic heterocycles. The first kappa shape index (κ1) is 21.5. The lowest BCUT2D eigenvalue weighted by Crippen LogP contribution is -2.17. The zero-order valence-electron chi connectivity index (χ0n) is 19.4. The van der Waals surface area contributed by atoms with E-state index in [4.69, 9.17) is 9.72 Å². The van der Waals surface area contributed by atoms with Crippen molar-refractivity contribution in [1.82, 2.24) is 19.9 Å². The number of hydrogen-bond donors (Lipinski definition) is 1. The van der Waals surface area contributed by atoms with E-state index in [1.807, 2.05) is 32.0 Å². The first-order valence-corrected chi connectivity index (χ1v) is 11.3. The number of hydrogen-bond acceptors (Lipinski definition) is 6. The summed E-state index contributed by atoms with van der Waals surface area (Å²) in [6, 6.07) is 14.4. The fourth-order valence-electron chi connectivity index (χ4n) is 4.18. The second-order valence-corrected chi connectivity index (χ2v) is 9.42. The highest BCUT2D eigenvalue weighted by molar-refractivity contribution is 5.78. The van der Waals surface area contributed by atoms with E-state index in [2.05, 4.69) is 39.2 Å². The SMILES string of the molecule is Cc1ncc(-c2cnc(C(C)(C)O)cc2C)c(OC[C@H]2CC2c2ccc3ccccc3n2)n1. The molecular formula is C27H28N4O2. The lowest BCUT2D eigenvalue weighted by atomic mass is 9.99. The summed E-state index contributed by atoms with van der Waals surface area (Å²) in [5.41, 5.74) is 4.50. The quantitative estimate of drug-likeness (QED) is 0.449. The molecule has 1 fully saturated rings. The Balaban J connectivity index is 1.34. The van der Waals surface area contributed by atoms with E-state index in [-0.39, 0.29) is 0 Å². The van der Waals surface area contributed by atoms with E-state index < -0.39 is 5.60 Å². The molecule has 1 aromatic carbocycles. The van der Waals surface area contributed by atoms with Crippen LogP contribution in [0.1, 0.15) is 49.0 Å². The summed E-state index contributed by atoms with van der Waals surface area (Å²) in [5, 5.41) is 11.4. The third-order valence-corrected chi connectivity index (χ3v) is 6.26. The van der Waals surface area contributed by atoms with Crippen LogP contribution in [0.2, 0.25) is 0 Å². The van der Waals surface area contributed by atoms with Gasteiger partial charge < -0.3 is 9.84 Å². The number of aliphatic hydroxyl groups is 1. The molecule has 4 aromatic rings. The predicted octanol–water partition coefficient (Wildman–Crippen LogP) is 5.11. The van der Waals surface area contributed by atoms with Gasteiger partial charge in [-0.3, -0.25) is 9.97 Å². The van der Waals surface area contributed by atoms with Gasteiger partial charge in [0.25, 0.3) is 0 Å². The van der Waals surface area contributed by atoms with E-state index in [1.165, 1.54) is 0 Å². The number of aromatic nitrogens is 4. The van der Waals surface area contributed by atoms with E-state index in [1.54, 1.807) is 26.2 Å². The van der Waals surface area contributed by atoms with E-state index >= 15 is 0 Å². The number of ether oxygens (including phenoxy) is 1. The Bertz CT molecular complexity index is 1330. The molecule has 6 heteroatoms. The van der Waals surface area contributed by atoms with Gasteiger partial charge in [0.2, 0.25) is 5.88 Å². The van der Waals surface area contributed by atoms with Crippen LogP contribution in [0.4, 0.5) is 0 Å². The molecule has 0 radical (unpaired) electrons. The van der Waals surface area contributed by atoms with Crippen molar-refractivity contribution in [3.05, 3.63) is 77.6 Å². The number of fused-ring (bicyclic) bond motifs is 1. The van der Waals surface area contributed by atoms with Crippen molar-refractivity contribution in [2.45, 2.75) is 45.6 Å². The van der Waals surface area contributed by atoms with Gasteiger partial charge in [-0.1, -0.05) is 24.3 Å². The molecule has 0 bridgehead atoms. The summed E-state index contributed by atoms with van der Waals surface area (Å²) in [6.07, 6.45) is 4.62. The number of benzene rings is 1. The van der Waals surface area contributed by atoms with Gasteiger partial charge in [-0.25, -0.2) is 4.98 Å². The molecule has 0 saturated heterocycles. The van der Waals surface area contributed by atoms with Crippen LogP contribution in [0.25, 0.3) is 22.0 Å². The van der Waals surface area contributed by atoms with Crippen LogP contribution in [0.15, 0.2) is 54.9 Å². The Morgan fingerprint density at radius 1 is 1.00 bits per heavy atom. The highest BCUT2D eigenvalue weighted by atomic mass is 16.5. The Kier molecular flexibility index (Phi) is 5.33. The predicted molar refractivity (Wildman–Crippen MR) is 128 cm³/mol. The molecular weight excluding hydrogens is 412 g/mol. The molecule has 33 heavy (non-hydrogen) atoms. The summed E-state index contributed by atoms with van der Waals surface area (Å²) in [4.78, 5) is 18.3. The number of rotatable bonds is 6. The fraction of sp³-hybridized carbons (Fsp3) is 0.333. The molecule has 1 N–H and O–H groups in total. The minimum atomic E-state index is -0.996. The van der Waals surface area contributed by atoms with Crippen molar-refractivity contribution in [3.63, 3.8) is 0 Å². The van der Waals surface area contributed by atoms with Crippen LogP contribution in [0, 0.1) is 19.8 Å². The number of pyridine rings is 2. The normalized spacial score (nSPS) is 17.8. The third kappa shape index (κ3) is 4.44. The van der Waals surface area contributed by atoms with Crippen molar-refractivity contribution in [1.29, 1.82) is 0 Å². The molecule has 168 valence electrons. The van der Waals surface area contributed by atoms with Gasteiger partial charge in [-0.05, 0) is 57.9 Å². The molecule has 0 spiro atoms. The van der Waals surface area contributed by atoms with E-state index in [0.717, 1.165) is 39.7 Å². The summed E-state index contributed by atoms with van der Waals surface area (Å²) in [7, 11) is 0. The molecule has 1 unspecified atom stereocenters. The summed E-state index contributed by atoms with van der Waals surface area (Å²) < 4.78 is 6.23.